The Morgan fingerprint density at radius 3 is 2.46 bits per heavy atom. The van der Waals surface area contributed by atoms with Crippen LogP contribution < -0.4 is 5.73 Å². The minimum absolute atomic E-state index is 0.118. The molecule has 0 saturated heterocycles. The average Bonchev–Trinajstić information content (AvgIpc) is 2.86. The molecule has 4 nitrogen and oxygen atoms in total. The van der Waals surface area contributed by atoms with Gasteiger partial charge in [-0.05, 0) is 56.2 Å². The summed E-state index contributed by atoms with van der Waals surface area (Å²) in [6.07, 6.45) is 0. The Kier molecular flexibility index (Phi) is 3.93. The van der Waals surface area contributed by atoms with Crippen molar-refractivity contribution in [3.8, 4) is 16.8 Å². The first-order valence-corrected chi connectivity index (χ1v) is 7.61. The van der Waals surface area contributed by atoms with Crippen LogP contribution in [0.25, 0.3) is 16.8 Å². The largest absolute Gasteiger partial charge is 0.366 e. The summed E-state index contributed by atoms with van der Waals surface area (Å²) >= 11 is 0. The van der Waals surface area contributed by atoms with E-state index in [9.17, 15) is 9.18 Å². The van der Waals surface area contributed by atoms with Gasteiger partial charge in [-0.1, -0.05) is 18.2 Å². The van der Waals surface area contributed by atoms with Crippen LogP contribution in [-0.2, 0) is 0 Å². The second-order valence-electron chi connectivity index (χ2n) is 5.92. The summed E-state index contributed by atoms with van der Waals surface area (Å²) in [6, 6.07) is 12.3. The number of aromatic nitrogens is 2. The van der Waals surface area contributed by atoms with Crippen LogP contribution in [0.2, 0.25) is 0 Å². The zero-order valence-electron chi connectivity index (χ0n) is 13.8. The first-order valence-electron chi connectivity index (χ1n) is 7.61. The smallest absolute Gasteiger partial charge is 0.251 e. The first kappa shape index (κ1) is 15.9. The third kappa shape index (κ3) is 2.80. The lowest BCUT2D eigenvalue weighted by molar-refractivity contribution is 0.0996. The highest BCUT2D eigenvalue weighted by atomic mass is 19.1. The molecule has 0 aliphatic heterocycles. The van der Waals surface area contributed by atoms with Gasteiger partial charge >= 0.3 is 0 Å². The van der Waals surface area contributed by atoms with E-state index in [1.54, 1.807) is 6.07 Å². The summed E-state index contributed by atoms with van der Waals surface area (Å²) in [5.41, 5.74) is 10.6. The molecule has 1 heterocycles. The van der Waals surface area contributed by atoms with Gasteiger partial charge in [0.15, 0.2) is 0 Å². The summed E-state index contributed by atoms with van der Waals surface area (Å²) in [5.74, 6) is -1.40. The van der Waals surface area contributed by atoms with Crippen molar-refractivity contribution in [1.29, 1.82) is 0 Å². The van der Waals surface area contributed by atoms with Gasteiger partial charge < -0.3 is 5.73 Å². The number of hydrogen-bond acceptors (Lipinski definition) is 2. The van der Waals surface area contributed by atoms with E-state index in [0.717, 1.165) is 28.2 Å². The predicted molar refractivity (Wildman–Crippen MR) is 91.7 cm³/mol. The summed E-state index contributed by atoms with van der Waals surface area (Å²) in [6.45, 7) is 5.91. The molecule has 3 rings (SSSR count). The molecule has 1 aromatic heterocycles. The summed E-state index contributed by atoms with van der Waals surface area (Å²) in [5, 5.41) is 4.53. The van der Waals surface area contributed by atoms with Gasteiger partial charge in [-0.2, -0.15) is 5.10 Å². The maximum absolute atomic E-state index is 13.8. The Balaban J connectivity index is 2.24. The number of benzene rings is 2. The molecule has 0 radical (unpaired) electrons. The molecule has 0 spiro atoms. The lowest BCUT2D eigenvalue weighted by Gasteiger charge is -2.13. The second-order valence-corrected chi connectivity index (χ2v) is 5.92. The minimum atomic E-state index is -0.783. The molecule has 0 bridgehead atoms. The van der Waals surface area contributed by atoms with Gasteiger partial charge in [-0.25, -0.2) is 9.07 Å². The van der Waals surface area contributed by atoms with Crippen LogP contribution >= 0.6 is 0 Å². The van der Waals surface area contributed by atoms with Crippen molar-refractivity contribution in [1.82, 2.24) is 9.78 Å². The van der Waals surface area contributed by atoms with E-state index < -0.39 is 11.7 Å². The third-order valence-electron chi connectivity index (χ3n) is 3.93. The van der Waals surface area contributed by atoms with Crippen LogP contribution in [0.15, 0.2) is 42.5 Å². The van der Waals surface area contributed by atoms with Crippen LogP contribution in [0.5, 0.6) is 0 Å². The molecule has 2 aromatic carbocycles. The van der Waals surface area contributed by atoms with Gasteiger partial charge in [-0.3, -0.25) is 4.79 Å². The fourth-order valence-electron chi connectivity index (χ4n) is 2.82. The Hall–Kier alpha value is -2.95. The maximum Gasteiger partial charge on any atom is 0.251 e. The van der Waals surface area contributed by atoms with Gasteiger partial charge in [0.05, 0.1) is 16.9 Å². The van der Waals surface area contributed by atoms with E-state index >= 15 is 0 Å². The number of nitrogens with two attached hydrogens (primary N) is 1. The van der Waals surface area contributed by atoms with Crippen molar-refractivity contribution in [2.24, 2.45) is 5.73 Å². The number of hydrogen-bond donors (Lipinski definition) is 1. The standard InChI is InChI=1S/C19H18FN3O/c1-11-4-6-15(14-5-7-17(20)16(10-14)19(21)24)18(8-11)23-13(3)9-12(2)22-23/h4-10H,1-3H3,(H2,21,24). The van der Waals surface area contributed by atoms with E-state index in [-0.39, 0.29) is 5.56 Å². The van der Waals surface area contributed by atoms with E-state index in [1.165, 1.54) is 12.1 Å². The monoisotopic (exact) mass is 323 g/mol. The highest BCUT2D eigenvalue weighted by Crippen LogP contribution is 2.30. The first-order chi connectivity index (χ1) is 11.4. The van der Waals surface area contributed by atoms with E-state index in [2.05, 4.69) is 5.10 Å². The van der Waals surface area contributed by atoms with Crippen molar-refractivity contribution in [2.45, 2.75) is 20.8 Å². The van der Waals surface area contributed by atoms with Crippen LogP contribution in [0.1, 0.15) is 27.3 Å². The lowest BCUT2D eigenvalue weighted by atomic mass is 9.99. The lowest BCUT2D eigenvalue weighted by Crippen LogP contribution is -2.13. The summed E-state index contributed by atoms with van der Waals surface area (Å²) in [7, 11) is 0. The molecular weight excluding hydrogens is 305 g/mol. The van der Waals surface area contributed by atoms with Gasteiger partial charge in [-0.15, -0.1) is 0 Å². The molecule has 0 saturated carbocycles. The minimum Gasteiger partial charge on any atom is -0.366 e. The van der Waals surface area contributed by atoms with Crippen LogP contribution in [0.4, 0.5) is 4.39 Å². The van der Waals surface area contributed by atoms with Crippen molar-refractivity contribution in [3.63, 3.8) is 0 Å². The number of carbonyl (C=O) groups excluding carboxylic acids is 1. The van der Waals surface area contributed by atoms with E-state index in [0.29, 0.717) is 5.56 Å². The van der Waals surface area contributed by atoms with Gasteiger partial charge in [0.25, 0.3) is 5.91 Å². The van der Waals surface area contributed by atoms with E-state index in [4.69, 9.17) is 5.73 Å². The highest BCUT2D eigenvalue weighted by molar-refractivity contribution is 5.94. The third-order valence-corrected chi connectivity index (χ3v) is 3.93. The molecule has 5 heteroatoms. The van der Waals surface area contributed by atoms with Gasteiger partial charge in [0, 0.05) is 11.3 Å². The fourth-order valence-corrected chi connectivity index (χ4v) is 2.82. The molecule has 122 valence electrons. The fraction of sp³-hybridized carbons (Fsp3) is 0.158. The number of carbonyl (C=O) groups is 1. The van der Waals surface area contributed by atoms with E-state index in [1.807, 2.05) is 49.7 Å². The zero-order valence-corrected chi connectivity index (χ0v) is 13.8. The Bertz CT molecular complexity index is 944. The van der Waals surface area contributed by atoms with Crippen LogP contribution in [0.3, 0.4) is 0 Å². The molecule has 0 unspecified atom stereocenters. The Labute approximate surface area is 139 Å². The van der Waals surface area contributed by atoms with Crippen molar-refractivity contribution in [2.75, 3.05) is 0 Å². The number of nitrogens with zero attached hydrogens (tertiary/aromatic N) is 2. The number of primary amides is 1. The van der Waals surface area contributed by atoms with Crippen LogP contribution in [-0.4, -0.2) is 15.7 Å². The summed E-state index contributed by atoms with van der Waals surface area (Å²) < 4.78 is 15.6. The topological polar surface area (TPSA) is 60.9 Å². The molecule has 24 heavy (non-hydrogen) atoms. The van der Waals surface area contributed by atoms with Crippen molar-refractivity contribution in [3.05, 3.63) is 70.8 Å². The molecule has 0 aliphatic carbocycles. The molecule has 0 atom stereocenters. The molecule has 1 amide bonds. The SMILES string of the molecule is Cc1ccc(-c2ccc(F)c(C(N)=O)c2)c(-n2nc(C)cc2C)c1. The van der Waals surface area contributed by atoms with Crippen molar-refractivity contribution >= 4 is 5.91 Å². The molecule has 0 aliphatic rings. The quantitative estimate of drug-likeness (QED) is 0.799. The Morgan fingerprint density at radius 1 is 1.08 bits per heavy atom. The molecule has 3 aromatic rings. The number of aryl methyl sites for hydroxylation is 3. The highest BCUT2D eigenvalue weighted by Gasteiger charge is 2.14. The zero-order chi connectivity index (χ0) is 17.4. The van der Waals surface area contributed by atoms with Crippen LogP contribution in [0, 0.1) is 26.6 Å². The predicted octanol–water partition coefficient (Wildman–Crippen LogP) is 3.70. The molecular formula is C19H18FN3O. The summed E-state index contributed by atoms with van der Waals surface area (Å²) in [4.78, 5) is 11.4. The maximum atomic E-state index is 13.8. The number of halogens is 1. The van der Waals surface area contributed by atoms with Crippen molar-refractivity contribution < 1.29 is 9.18 Å². The second kappa shape index (κ2) is 5.92. The molecule has 2 N–H and O–H groups in total. The average molecular weight is 323 g/mol. The normalized spacial score (nSPS) is 10.8. The Morgan fingerprint density at radius 2 is 1.83 bits per heavy atom. The van der Waals surface area contributed by atoms with Gasteiger partial charge in [0.1, 0.15) is 5.82 Å². The van der Waals surface area contributed by atoms with Gasteiger partial charge in [0.2, 0.25) is 0 Å². The molecule has 0 fully saturated rings. The number of rotatable bonds is 3. The number of amides is 1.